The zero-order valence-corrected chi connectivity index (χ0v) is 16.3. The minimum atomic E-state index is 0.311. The van der Waals surface area contributed by atoms with Gasteiger partial charge in [0.15, 0.2) is 0 Å². The van der Waals surface area contributed by atoms with Crippen LogP contribution in [-0.2, 0) is 12.8 Å². The molecule has 0 saturated carbocycles. The Balaban J connectivity index is 1.46. The van der Waals surface area contributed by atoms with E-state index in [0.29, 0.717) is 11.5 Å². The first kappa shape index (κ1) is 18.8. The van der Waals surface area contributed by atoms with E-state index in [9.17, 15) is 10.2 Å². The molecule has 0 bridgehead atoms. The fourth-order valence-corrected chi connectivity index (χ4v) is 3.67. The largest absolute Gasteiger partial charge is 0.507 e. The lowest BCUT2D eigenvalue weighted by molar-refractivity contribution is 0.476. The van der Waals surface area contributed by atoms with Crippen molar-refractivity contribution in [2.45, 2.75) is 19.3 Å². The van der Waals surface area contributed by atoms with Crippen LogP contribution in [0.2, 0.25) is 0 Å². The zero-order valence-electron chi connectivity index (χ0n) is 16.3. The molecule has 0 amide bonds. The fourth-order valence-electron chi connectivity index (χ4n) is 3.67. The Kier molecular flexibility index (Phi) is 5.62. The molecular formula is C27H24O2. The Morgan fingerprint density at radius 3 is 1.31 bits per heavy atom. The highest BCUT2D eigenvalue weighted by Gasteiger charge is 2.07. The molecule has 0 unspecified atom stereocenters. The van der Waals surface area contributed by atoms with Crippen molar-refractivity contribution in [3.05, 3.63) is 108 Å². The third-order valence-corrected chi connectivity index (χ3v) is 5.22. The standard InChI is InChI=1S/C27H24O2/c28-26-16-14-20(18-24(26)22-10-3-1-4-11-22)8-7-9-21-15-17-27(29)25(19-21)23-12-5-2-6-13-23/h1-6,10-19,28-29H,7-9H2. The minimum Gasteiger partial charge on any atom is -0.507 e. The molecule has 0 radical (unpaired) electrons. The summed E-state index contributed by atoms with van der Waals surface area (Å²) in [5.41, 5.74) is 6.22. The van der Waals surface area contributed by atoms with Crippen molar-refractivity contribution < 1.29 is 10.2 Å². The lowest BCUT2D eigenvalue weighted by Crippen LogP contribution is -1.92. The molecule has 2 heteroatoms. The van der Waals surface area contributed by atoms with E-state index >= 15 is 0 Å². The number of phenols is 2. The number of benzene rings is 4. The fraction of sp³-hybridized carbons (Fsp3) is 0.111. The molecule has 0 spiro atoms. The van der Waals surface area contributed by atoms with Gasteiger partial charge < -0.3 is 10.2 Å². The van der Waals surface area contributed by atoms with E-state index in [0.717, 1.165) is 41.5 Å². The van der Waals surface area contributed by atoms with Crippen LogP contribution in [0.4, 0.5) is 0 Å². The Bertz CT molecular complexity index is 997. The summed E-state index contributed by atoms with van der Waals surface area (Å²) < 4.78 is 0. The second-order valence-corrected chi connectivity index (χ2v) is 7.29. The van der Waals surface area contributed by atoms with Crippen LogP contribution in [0.5, 0.6) is 11.5 Å². The Hall–Kier alpha value is -3.52. The quantitative estimate of drug-likeness (QED) is 0.395. The Morgan fingerprint density at radius 1 is 0.483 bits per heavy atom. The molecule has 2 N–H and O–H groups in total. The lowest BCUT2D eigenvalue weighted by atomic mass is 9.97. The number of aryl methyl sites for hydroxylation is 2. The van der Waals surface area contributed by atoms with Gasteiger partial charge in [-0.2, -0.15) is 0 Å². The molecule has 0 aliphatic carbocycles. The monoisotopic (exact) mass is 380 g/mol. The summed E-state index contributed by atoms with van der Waals surface area (Å²) in [6.45, 7) is 0. The average Bonchev–Trinajstić information content (AvgIpc) is 2.77. The second-order valence-electron chi connectivity index (χ2n) is 7.29. The molecule has 0 aliphatic rings. The molecule has 0 heterocycles. The summed E-state index contributed by atoms with van der Waals surface area (Å²) in [4.78, 5) is 0. The SMILES string of the molecule is Oc1ccc(CCCc2ccc(O)c(-c3ccccc3)c2)cc1-c1ccccc1. The highest BCUT2D eigenvalue weighted by Crippen LogP contribution is 2.32. The highest BCUT2D eigenvalue weighted by atomic mass is 16.3. The number of hydrogen-bond donors (Lipinski definition) is 2. The van der Waals surface area contributed by atoms with Crippen molar-refractivity contribution in [2.75, 3.05) is 0 Å². The van der Waals surface area contributed by atoms with Crippen molar-refractivity contribution in [1.82, 2.24) is 0 Å². The van der Waals surface area contributed by atoms with Crippen LogP contribution in [-0.4, -0.2) is 10.2 Å². The second kappa shape index (κ2) is 8.66. The molecule has 0 saturated heterocycles. The molecule has 144 valence electrons. The maximum absolute atomic E-state index is 10.2. The van der Waals surface area contributed by atoms with E-state index in [1.807, 2.05) is 72.8 Å². The Labute approximate surface area is 171 Å². The number of aromatic hydroxyl groups is 2. The van der Waals surface area contributed by atoms with Crippen LogP contribution < -0.4 is 0 Å². The van der Waals surface area contributed by atoms with Crippen LogP contribution in [0.1, 0.15) is 17.5 Å². The predicted octanol–water partition coefficient (Wildman–Crippen LogP) is 6.61. The van der Waals surface area contributed by atoms with Gasteiger partial charge in [0.25, 0.3) is 0 Å². The highest BCUT2D eigenvalue weighted by molar-refractivity contribution is 5.71. The van der Waals surface area contributed by atoms with E-state index in [2.05, 4.69) is 12.1 Å². The summed E-state index contributed by atoms with van der Waals surface area (Å²) in [7, 11) is 0. The van der Waals surface area contributed by atoms with Gasteiger partial charge in [0.05, 0.1) is 0 Å². The zero-order chi connectivity index (χ0) is 20.1. The van der Waals surface area contributed by atoms with Gasteiger partial charge in [0.2, 0.25) is 0 Å². The molecular weight excluding hydrogens is 356 g/mol. The van der Waals surface area contributed by atoms with Crippen LogP contribution >= 0.6 is 0 Å². The first-order valence-electron chi connectivity index (χ1n) is 9.95. The smallest absolute Gasteiger partial charge is 0.123 e. The molecule has 0 fully saturated rings. The molecule has 2 nitrogen and oxygen atoms in total. The van der Waals surface area contributed by atoms with Crippen molar-refractivity contribution in [3.8, 4) is 33.8 Å². The molecule has 4 rings (SSSR count). The third-order valence-electron chi connectivity index (χ3n) is 5.22. The molecule has 0 aliphatic heterocycles. The van der Waals surface area contributed by atoms with Crippen molar-refractivity contribution in [1.29, 1.82) is 0 Å². The molecule has 0 aromatic heterocycles. The molecule has 4 aromatic rings. The summed E-state index contributed by atoms with van der Waals surface area (Å²) in [5.74, 6) is 0.622. The summed E-state index contributed by atoms with van der Waals surface area (Å²) >= 11 is 0. The van der Waals surface area contributed by atoms with Crippen molar-refractivity contribution in [3.63, 3.8) is 0 Å². The predicted molar refractivity (Wildman–Crippen MR) is 119 cm³/mol. The topological polar surface area (TPSA) is 40.5 Å². The maximum atomic E-state index is 10.2. The normalized spacial score (nSPS) is 10.8. The van der Waals surface area contributed by atoms with Crippen LogP contribution in [0.3, 0.4) is 0 Å². The number of hydrogen-bond acceptors (Lipinski definition) is 2. The van der Waals surface area contributed by atoms with E-state index < -0.39 is 0 Å². The maximum Gasteiger partial charge on any atom is 0.123 e. The van der Waals surface area contributed by atoms with E-state index in [-0.39, 0.29) is 0 Å². The minimum absolute atomic E-state index is 0.311. The van der Waals surface area contributed by atoms with Gasteiger partial charge in [-0.25, -0.2) is 0 Å². The summed E-state index contributed by atoms with van der Waals surface area (Å²) in [5, 5.41) is 20.5. The van der Waals surface area contributed by atoms with Crippen LogP contribution in [0.25, 0.3) is 22.3 Å². The molecule has 29 heavy (non-hydrogen) atoms. The number of phenolic OH excluding ortho intramolecular Hbond substituents is 2. The van der Waals surface area contributed by atoms with Gasteiger partial charge in [-0.15, -0.1) is 0 Å². The van der Waals surface area contributed by atoms with Gasteiger partial charge in [-0.3, -0.25) is 0 Å². The van der Waals surface area contributed by atoms with Gasteiger partial charge >= 0.3 is 0 Å². The summed E-state index contributed by atoms with van der Waals surface area (Å²) in [6, 6.07) is 31.7. The van der Waals surface area contributed by atoms with Crippen molar-refractivity contribution >= 4 is 0 Å². The Morgan fingerprint density at radius 2 is 0.897 bits per heavy atom. The van der Waals surface area contributed by atoms with Crippen LogP contribution in [0.15, 0.2) is 97.1 Å². The average molecular weight is 380 g/mol. The van der Waals surface area contributed by atoms with Crippen LogP contribution in [0, 0.1) is 0 Å². The first-order valence-corrected chi connectivity index (χ1v) is 9.95. The van der Waals surface area contributed by atoms with Gasteiger partial charge in [0.1, 0.15) is 11.5 Å². The third kappa shape index (κ3) is 4.49. The number of rotatable bonds is 6. The first-order chi connectivity index (χ1) is 14.2. The lowest BCUT2D eigenvalue weighted by Gasteiger charge is -2.10. The van der Waals surface area contributed by atoms with Gasteiger partial charge in [0, 0.05) is 11.1 Å². The van der Waals surface area contributed by atoms with Gasteiger partial charge in [-0.1, -0.05) is 72.8 Å². The van der Waals surface area contributed by atoms with E-state index in [1.165, 1.54) is 11.1 Å². The molecule has 4 aromatic carbocycles. The van der Waals surface area contributed by atoms with E-state index in [1.54, 1.807) is 12.1 Å². The summed E-state index contributed by atoms with van der Waals surface area (Å²) in [6.07, 6.45) is 2.86. The van der Waals surface area contributed by atoms with Crippen molar-refractivity contribution in [2.24, 2.45) is 0 Å². The molecule has 0 atom stereocenters. The van der Waals surface area contributed by atoms with Gasteiger partial charge in [-0.05, 0) is 65.8 Å². The van der Waals surface area contributed by atoms with E-state index in [4.69, 9.17) is 0 Å².